The highest BCUT2D eigenvalue weighted by Crippen LogP contribution is 2.22. The normalized spacial score (nSPS) is 15.7. The first-order valence-corrected chi connectivity index (χ1v) is 9.45. The van der Waals surface area contributed by atoms with Crippen molar-refractivity contribution in [2.45, 2.75) is 4.90 Å². The summed E-state index contributed by atoms with van der Waals surface area (Å²) in [6.07, 6.45) is 0. The Bertz CT molecular complexity index is 891. The summed E-state index contributed by atoms with van der Waals surface area (Å²) < 4.78 is 32.0. The Kier molecular flexibility index (Phi) is 5.10. The van der Waals surface area contributed by atoms with E-state index in [0.29, 0.717) is 37.7 Å². The predicted octanol–water partition coefficient (Wildman–Crippen LogP) is 1.30. The number of pyridine rings is 1. The molecule has 0 atom stereocenters. The van der Waals surface area contributed by atoms with Gasteiger partial charge >= 0.3 is 5.97 Å². The van der Waals surface area contributed by atoms with Crippen molar-refractivity contribution in [3.63, 3.8) is 0 Å². The fourth-order valence-electron chi connectivity index (χ4n) is 2.77. The van der Waals surface area contributed by atoms with Gasteiger partial charge in [0.1, 0.15) is 11.6 Å². The van der Waals surface area contributed by atoms with Gasteiger partial charge in [-0.1, -0.05) is 6.07 Å². The van der Waals surface area contributed by atoms with Crippen molar-refractivity contribution in [3.8, 4) is 5.75 Å². The lowest BCUT2D eigenvalue weighted by atomic mass is 10.3. The number of ether oxygens (including phenoxy) is 1. The number of benzene rings is 1. The minimum Gasteiger partial charge on any atom is -0.497 e. The molecule has 2 aromatic rings. The van der Waals surface area contributed by atoms with Crippen LogP contribution in [0.3, 0.4) is 0 Å². The molecule has 0 bridgehead atoms. The van der Waals surface area contributed by atoms with Crippen LogP contribution in [0.4, 0.5) is 5.82 Å². The molecule has 1 saturated heterocycles. The number of aromatic nitrogens is 1. The van der Waals surface area contributed by atoms with Crippen molar-refractivity contribution in [3.05, 3.63) is 48.2 Å². The monoisotopic (exact) mass is 377 g/mol. The molecule has 1 fully saturated rings. The average Bonchev–Trinajstić information content (AvgIpc) is 2.68. The number of carbonyl (C=O) groups is 1. The van der Waals surface area contributed by atoms with Gasteiger partial charge < -0.3 is 14.7 Å². The third-order valence-corrected chi connectivity index (χ3v) is 6.13. The summed E-state index contributed by atoms with van der Waals surface area (Å²) in [6.45, 7) is 1.47. The Balaban J connectivity index is 1.71. The van der Waals surface area contributed by atoms with Crippen LogP contribution in [-0.2, 0) is 10.0 Å². The van der Waals surface area contributed by atoms with Gasteiger partial charge in [-0.15, -0.1) is 0 Å². The van der Waals surface area contributed by atoms with E-state index < -0.39 is 16.0 Å². The summed E-state index contributed by atoms with van der Waals surface area (Å²) in [4.78, 5) is 17.3. The number of hydrogen-bond acceptors (Lipinski definition) is 6. The fourth-order valence-corrected chi connectivity index (χ4v) is 4.20. The molecular weight excluding hydrogens is 358 g/mol. The maximum absolute atomic E-state index is 12.7. The summed E-state index contributed by atoms with van der Waals surface area (Å²) in [5.74, 6) is 0.0390. The van der Waals surface area contributed by atoms with E-state index in [1.54, 1.807) is 24.3 Å². The molecule has 26 heavy (non-hydrogen) atoms. The van der Waals surface area contributed by atoms with Crippen LogP contribution in [0, 0.1) is 0 Å². The molecule has 0 saturated carbocycles. The maximum Gasteiger partial charge on any atom is 0.354 e. The van der Waals surface area contributed by atoms with Gasteiger partial charge in [0.25, 0.3) is 0 Å². The molecule has 1 N–H and O–H groups in total. The molecule has 2 heterocycles. The number of rotatable bonds is 5. The highest BCUT2D eigenvalue weighted by atomic mass is 32.2. The van der Waals surface area contributed by atoms with Crippen LogP contribution in [0.15, 0.2) is 47.4 Å². The summed E-state index contributed by atoms with van der Waals surface area (Å²) >= 11 is 0. The van der Waals surface area contributed by atoms with E-state index in [2.05, 4.69) is 4.98 Å². The van der Waals surface area contributed by atoms with Crippen molar-refractivity contribution in [1.29, 1.82) is 0 Å². The summed E-state index contributed by atoms with van der Waals surface area (Å²) in [6, 6.07) is 11.1. The van der Waals surface area contributed by atoms with E-state index in [4.69, 9.17) is 9.84 Å². The van der Waals surface area contributed by atoms with Gasteiger partial charge in [-0.05, 0) is 36.4 Å². The Labute approximate surface area is 151 Å². The Hall–Kier alpha value is -2.65. The molecule has 9 heteroatoms. The van der Waals surface area contributed by atoms with Gasteiger partial charge in [0.15, 0.2) is 5.69 Å². The Morgan fingerprint density at radius 2 is 1.73 bits per heavy atom. The summed E-state index contributed by atoms with van der Waals surface area (Å²) in [5.41, 5.74) is -0.0317. The minimum absolute atomic E-state index is 0.0317. The first-order valence-electron chi connectivity index (χ1n) is 8.01. The molecule has 1 aromatic carbocycles. The van der Waals surface area contributed by atoms with Crippen molar-refractivity contribution >= 4 is 21.8 Å². The number of carboxylic acid groups (broad SMARTS) is 1. The van der Waals surface area contributed by atoms with Gasteiger partial charge in [-0.3, -0.25) is 0 Å². The van der Waals surface area contributed by atoms with E-state index in [-0.39, 0.29) is 10.6 Å². The second-order valence-electron chi connectivity index (χ2n) is 5.75. The van der Waals surface area contributed by atoms with Crippen molar-refractivity contribution < 1.29 is 23.1 Å². The second kappa shape index (κ2) is 7.30. The molecule has 0 spiro atoms. The van der Waals surface area contributed by atoms with Crippen LogP contribution in [-0.4, -0.2) is 62.1 Å². The average molecular weight is 377 g/mol. The molecule has 3 rings (SSSR count). The number of anilines is 1. The van der Waals surface area contributed by atoms with Gasteiger partial charge in [0.05, 0.1) is 12.0 Å². The van der Waals surface area contributed by atoms with Gasteiger partial charge in [-0.2, -0.15) is 4.31 Å². The lowest BCUT2D eigenvalue weighted by Crippen LogP contribution is -2.49. The standard InChI is InChI=1S/C17H19N3O5S/c1-25-13-5-7-14(8-6-13)26(23,24)20-11-9-19(10-12-20)16-4-2-3-15(18-16)17(21)22/h2-8H,9-12H2,1H3,(H,21,22). The Morgan fingerprint density at radius 3 is 2.31 bits per heavy atom. The van der Waals surface area contributed by atoms with E-state index in [0.717, 1.165) is 0 Å². The number of carboxylic acids is 1. The highest BCUT2D eigenvalue weighted by Gasteiger charge is 2.29. The van der Waals surface area contributed by atoms with E-state index in [1.165, 1.54) is 29.6 Å². The third kappa shape index (κ3) is 3.63. The summed E-state index contributed by atoms with van der Waals surface area (Å²) in [7, 11) is -2.05. The molecule has 1 aromatic heterocycles. The molecule has 0 unspecified atom stereocenters. The van der Waals surface area contributed by atoms with Crippen LogP contribution in [0.25, 0.3) is 0 Å². The molecule has 0 amide bonds. The second-order valence-corrected chi connectivity index (χ2v) is 7.69. The van der Waals surface area contributed by atoms with Gasteiger partial charge in [0.2, 0.25) is 10.0 Å². The van der Waals surface area contributed by atoms with Gasteiger partial charge in [-0.25, -0.2) is 18.2 Å². The highest BCUT2D eigenvalue weighted by molar-refractivity contribution is 7.89. The van der Waals surface area contributed by atoms with Gasteiger partial charge in [0, 0.05) is 26.2 Å². The number of piperazine rings is 1. The van der Waals surface area contributed by atoms with E-state index in [9.17, 15) is 13.2 Å². The van der Waals surface area contributed by atoms with E-state index >= 15 is 0 Å². The van der Waals surface area contributed by atoms with Crippen molar-refractivity contribution in [2.75, 3.05) is 38.2 Å². The first kappa shape index (κ1) is 18.2. The van der Waals surface area contributed by atoms with Crippen molar-refractivity contribution in [1.82, 2.24) is 9.29 Å². The van der Waals surface area contributed by atoms with Crippen LogP contribution in [0.5, 0.6) is 5.75 Å². The lowest BCUT2D eigenvalue weighted by Gasteiger charge is -2.34. The smallest absolute Gasteiger partial charge is 0.354 e. The molecule has 0 radical (unpaired) electrons. The summed E-state index contributed by atoms with van der Waals surface area (Å²) in [5, 5.41) is 9.04. The Morgan fingerprint density at radius 1 is 1.08 bits per heavy atom. The van der Waals surface area contributed by atoms with Crippen LogP contribution < -0.4 is 9.64 Å². The van der Waals surface area contributed by atoms with E-state index in [1.807, 2.05) is 4.90 Å². The third-order valence-electron chi connectivity index (χ3n) is 4.21. The number of nitrogens with zero attached hydrogens (tertiary/aromatic N) is 3. The largest absolute Gasteiger partial charge is 0.497 e. The number of hydrogen-bond donors (Lipinski definition) is 1. The topological polar surface area (TPSA) is 100 Å². The molecule has 1 aliphatic heterocycles. The zero-order valence-electron chi connectivity index (χ0n) is 14.2. The molecule has 0 aliphatic carbocycles. The van der Waals surface area contributed by atoms with Crippen molar-refractivity contribution in [2.24, 2.45) is 0 Å². The van der Waals surface area contributed by atoms with Crippen LogP contribution in [0.1, 0.15) is 10.5 Å². The quantitative estimate of drug-likeness (QED) is 0.838. The molecule has 138 valence electrons. The SMILES string of the molecule is COc1ccc(S(=O)(=O)N2CCN(c3cccc(C(=O)O)n3)CC2)cc1. The zero-order valence-corrected chi connectivity index (χ0v) is 15.0. The molecular formula is C17H19N3O5S. The maximum atomic E-state index is 12.7. The fraction of sp³-hybridized carbons (Fsp3) is 0.294. The minimum atomic E-state index is -3.58. The molecule has 8 nitrogen and oxygen atoms in total. The number of aromatic carboxylic acids is 1. The first-order chi connectivity index (χ1) is 12.4. The zero-order chi connectivity index (χ0) is 18.7. The lowest BCUT2D eigenvalue weighted by molar-refractivity contribution is 0.0690. The number of methoxy groups -OCH3 is 1. The molecule has 1 aliphatic rings. The van der Waals surface area contributed by atoms with Crippen LogP contribution in [0.2, 0.25) is 0 Å². The predicted molar refractivity (Wildman–Crippen MR) is 95.2 cm³/mol. The number of sulfonamides is 1. The van der Waals surface area contributed by atoms with Crippen LogP contribution >= 0.6 is 0 Å².